The van der Waals surface area contributed by atoms with Crippen molar-refractivity contribution in [1.29, 1.82) is 0 Å². The first-order valence-electron chi connectivity index (χ1n) is 14.4. The second-order valence-corrected chi connectivity index (χ2v) is 12.1. The maximum atomic E-state index is 12.9. The average Bonchev–Trinajstić information content (AvgIpc) is 2.93. The van der Waals surface area contributed by atoms with Crippen LogP contribution in [0.2, 0.25) is 0 Å². The van der Waals surface area contributed by atoms with Crippen LogP contribution in [0, 0.1) is 0 Å². The van der Waals surface area contributed by atoms with Gasteiger partial charge in [0.2, 0.25) is 5.91 Å². The molecular formula is C29H42N8O3. The van der Waals surface area contributed by atoms with Crippen LogP contribution in [0.25, 0.3) is 5.69 Å². The second kappa shape index (κ2) is 11.7. The maximum Gasteiger partial charge on any atom is 0.354 e. The van der Waals surface area contributed by atoms with Crippen molar-refractivity contribution in [3.63, 3.8) is 0 Å². The Labute approximate surface area is 235 Å². The Balaban J connectivity index is 1.17. The number of urea groups is 1. The summed E-state index contributed by atoms with van der Waals surface area (Å²) in [6.45, 7) is 4.93. The Morgan fingerprint density at radius 2 is 1.65 bits per heavy atom. The number of aryl methyl sites for hydroxylation is 1. The van der Waals surface area contributed by atoms with Crippen LogP contribution in [0.4, 0.5) is 10.6 Å². The van der Waals surface area contributed by atoms with E-state index in [1.54, 1.807) is 35.9 Å². The van der Waals surface area contributed by atoms with Gasteiger partial charge >= 0.3 is 11.7 Å². The molecule has 2 aromatic rings. The molecule has 3 aliphatic rings. The summed E-state index contributed by atoms with van der Waals surface area (Å²) in [5.41, 5.74) is 13.9. The van der Waals surface area contributed by atoms with Crippen LogP contribution < -0.4 is 27.8 Å². The third-order valence-electron chi connectivity index (χ3n) is 8.38. The number of carbonyl (C=O) groups excluding carboxylic acids is 2. The largest absolute Gasteiger partial charge is 0.354 e. The fourth-order valence-electron chi connectivity index (χ4n) is 6.03. The van der Waals surface area contributed by atoms with E-state index < -0.39 is 11.2 Å². The number of rotatable bonds is 5. The van der Waals surface area contributed by atoms with E-state index in [9.17, 15) is 14.4 Å². The Kier molecular flexibility index (Phi) is 8.25. The molecule has 40 heavy (non-hydrogen) atoms. The lowest BCUT2D eigenvalue weighted by Gasteiger charge is -2.37. The standard InChI is InChI=1S/C29H42N8O3/c1-29(2,31)26(38)35-13-15-36(16-14-35)27(39)33-25-11-12-37(28(40)34-25)24-10-4-19-17-23(7-3-20(19)18-24)32-22-8-5-21(30)6-9-22/h4,10-12,18,21-23,32H,3,5-9,13-17,30-31H2,1-2H3,(H,33,34,39,40). The summed E-state index contributed by atoms with van der Waals surface area (Å²) in [5.74, 6) is 0.0601. The van der Waals surface area contributed by atoms with Gasteiger partial charge in [-0.15, -0.1) is 0 Å². The third kappa shape index (κ3) is 6.54. The Hall–Kier alpha value is -3.28. The SMILES string of the molecule is CC(C)(N)C(=O)N1CCN(C(=O)Nc2ccn(-c3ccc4c(c3)CCC(NC3CCC(N)CC3)C4)c(=O)n2)CC1. The number of piperazine rings is 1. The highest BCUT2D eigenvalue weighted by Gasteiger charge is 2.31. The molecule has 0 bridgehead atoms. The van der Waals surface area contributed by atoms with Crippen LogP contribution in [0.15, 0.2) is 35.3 Å². The van der Waals surface area contributed by atoms with Crippen molar-refractivity contribution in [3.8, 4) is 5.69 Å². The van der Waals surface area contributed by atoms with E-state index in [1.165, 1.54) is 15.7 Å². The number of carbonyl (C=O) groups is 2. The summed E-state index contributed by atoms with van der Waals surface area (Å²) in [4.78, 5) is 45.4. The van der Waals surface area contributed by atoms with E-state index in [0.29, 0.717) is 44.3 Å². The van der Waals surface area contributed by atoms with Gasteiger partial charge in [0.05, 0.1) is 11.2 Å². The topological polar surface area (TPSA) is 152 Å². The molecule has 2 heterocycles. The van der Waals surface area contributed by atoms with Crippen molar-refractivity contribution in [3.05, 3.63) is 52.1 Å². The van der Waals surface area contributed by atoms with E-state index in [4.69, 9.17) is 11.5 Å². The van der Waals surface area contributed by atoms with Gasteiger partial charge in [0, 0.05) is 50.5 Å². The summed E-state index contributed by atoms with van der Waals surface area (Å²) in [5, 5.41) is 6.57. The van der Waals surface area contributed by atoms with Crippen molar-refractivity contribution < 1.29 is 9.59 Å². The molecule has 1 aliphatic heterocycles. The zero-order valence-electron chi connectivity index (χ0n) is 23.6. The summed E-state index contributed by atoms with van der Waals surface area (Å²) in [6.07, 6.45) is 9.18. The van der Waals surface area contributed by atoms with E-state index in [2.05, 4.69) is 27.8 Å². The van der Waals surface area contributed by atoms with Crippen molar-refractivity contribution in [2.24, 2.45) is 11.5 Å². The van der Waals surface area contributed by atoms with Crippen LogP contribution in [0.5, 0.6) is 0 Å². The van der Waals surface area contributed by atoms with Crippen molar-refractivity contribution in [1.82, 2.24) is 24.7 Å². The number of hydrogen-bond acceptors (Lipinski definition) is 7. The molecule has 11 heteroatoms. The summed E-state index contributed by atoms with van der Waals surface area (Å²) >= 11 is 0. The summed E-state index contributed by atoms with van der Waals surface area (Å²) in [6, 6.07) is 8.83. The van der Waals surface area contributed by atoms with Crippen LogP contribution in [0.3, 0.4) is 0 Å². The van der Waals surface area contributed by atoms with Gasteiger partial charge in [-0.3, -0.25) is 14.7 Å². The molecule has 2 fully saturated rings. The number of amides is 3. The van der Waals surface area contributed by atoms with Gasteiger partial charge in [-0.25, -0.2) is 9.59 Å². The van der Waals surface area contributed by atoms with Gasteiger partial charge in [-0.2, -0.15) is 4.98 Å². The number of nitrogens with one attached hydrogen (secondary N) is 2. The minimum Gasteiger partial charge on any atom is -0.338 e. The van der Waals surface area contributed by atoms with Crippen molar-refractivity contribution in [2.75, 3.05) is 31.5 Å². The van der Waals surface area contributed by atoms with Gasteiger partial charge in [-0.05, 0) is 88.1 Å². The first-order chi connectivity index (χ1) is 19.1. The van der Waals surface area contributed by atoms with Gasteiger partial charge in [0.15, 0.2) is 0 Å². The lowest BCUT2D eigenvalue weighted by Crippen LogP contribution is -2.58. The molecule has 1 saturated carbocycles. The molecule has 0 spiro atoms. The first kappa shape index (κ1) is 28.3. The lowest BCUT2D eigenvalue weighted by atomic mass is 9.85. The predicted octanol–water partition coefficient (Wildman–Crippen LogP) is 1.36. The predicted molar refractivity (Wildman–Crippen MR) is 154 cm³/mol. The number of anilines is 1. The maximum absolute atomic E-state index is 12.9. The molecule has 216 valence electrons. The van der Waals surface area contributed by atoms with E-state index in [1.807, 2.05) is 6.07 Å². The monoisotopic (exact) mass is 550 g/mol. The van der Waals surface area contributed by atoms with Gasteiger partial charge in [0.25, 0.3) is 0 Å². The lowest BCUT2D eigenvalue weighted by molar-refractivity contribution is -0.137. The fraction of sp³-hybridized carbons (Fsp3) is 0.586. The molecule has 3 amide bonds. The zero-order valence-corrected chi connectivity index (χ0v) is 23.6. The van der Waals surface area contributed by atoms with E-state index in [0.717, 1.165) is 50.6 Å². The molecule has 2 aliphatic carbocycles. The number of hydrogen-bond donors (Lipinski definition) is 4. The molecule has 11 nitrogen and oxygen atoms in total. The highest BCUT2D eigenvalue weighted by Crippen LogP contribution is 2.26. The van der Waals surface area contributed by atoms with Gasteiger partial charge in [0.1, 0.15) is 5.82 Å². The van der Waals surface area contributed by atoms with Gasteiger partial charge < -0.3 is 26.6 Å². The second-order valence-electron chi connectivity index (χ2n) is 12.1. The van der Waals surface area contributed by atoms with Crippen molar-refractivity contribution >= 4 is 17.8 Å². The molecule has 5 rings (SSSR count). The fourth-order valence-corrected chi connectivity index (χ4v) is 6.03. The summed E-state index contributed by atoms with van der Waals surface area (Å²) < 4.78 is 1.50. The smallest absolute Gasteiger partial charge is 0.338 e. The average molecular weight is 551 g/mol. The molecule has 1 aromatic heterocycles. The van der Waals surface area contributed by atoms with E-state index in [-0.39, 0.29) is 17.8 Å². The number of fused-ring (bicyclic) bond motifs is 1. The van der Waals surface area contributed by atoms with Crippen LogP contribution >= 0.6 is 0 Å². The highest BCUT2D eigenvalue weighted by atomic mass is 16.2. The number of nitrogens with two attached hydrogens (primary N) is 2. The number of benzene rings is 1. The minimum absolute atomic E-state index is 0.137. The number of aromatic nitrogens is 2. The molecule has 0 radical (unpaired) electrons. The Bertz CT molecular complexity index is 1290. The number of nitrogens with zero attached hydrogens (tertiary/aromatic N) is 4. The zero-order chi connectivity index (χ0) is 28.4. The highest BCUT2D eigenvalue weighted by molar-refractivity contribution is 5.89. The molecule has 6 N–H and O–H groups in total. The Morgan fingerprint density at radius 3 is 2.33 bits per heavy atom. The normalized spacial score (nSPS) is 23.4. The molecule has 1 saturated heterocycles. The quantitative estimate of drug-likeness (QED) is 0.439. The first-order valence-corrected chi connectivity index (χ1v) is 14.4. The van der Waals surface area contributed by atoms with Crippen LogP contribution in [-0.4, -0.2) is 81.1 Å². The minimum atomic E-state index is -0.944. The van der Waals surface area contributed by atoms with E-state index >= 15 is 0 Å². The molecule has 1 unspecified atom stereocenters. The third-order valence-corrected chi connectivity index (χ3v) is 8.38. The molecular weight excluding hydrogens is 508 g/mol. The van der Waals surface area contributed by atoms with Gasteiger partial charge in [-0.1, -0.05) is 6.07 Å². The Morgan fingerprint density at radius 1 is 0.950 bits per heavy atom. The summed E-state index contributed by atoms with van der Waals surface area (Å²) in [7, 11) is 0. The van der Waals surface area contributed by atoms with Crippen molar-refractivity contribution in [2.45, 2.75) is 82.5 Å². The van der Waals surface area contributed by atoms with Crippen LogP contribution in [0.1, 0.15) is 57.1 Å². The van der Waals surface area contributed by atoms with Crippen LogP contribution in [-0.2, 0) is 17.6 Å². The molecule has 1 atom stereocenters. The molecule has 1 aromatic carbocycles.